The van der Waals surface area contributed by atoms with E-state index in [1.54, 1.807) is 35.6 Å². The minimum atomic E-state index is -4.45. The van der Waals surface area contributed by atoms with Gasteiger partial charge in [0.05, 0.1) is 11.9 Å². The average Bonchev–Trinajstić information content (AvgIpc) is 2.86. The van der Waals surface area contributed by atoms with Gasteiger partial charge in [-0.05, 0) is 12.1 Å². The fourth-order valence-electron chi connectivity index (χ4n) is 1.35. The van der Waals surface area contributed by atoms with Gasteiger partial charge in [-0.15, -0.1) is 5.10 Å². The SMILES string of the molecule is O=C(NCC(F)(F)F)c1cn(-c2ccccc2)nn1. The number of hydrogen-bond donors (Lipinski definition) is 1. The van der Waals surface area contributed by atoms with Crippen LogP contribution in [0.15, 0.2) is 36.5 Å². The van der Waals surface area contributed by atoms with Crippen molar-refractivity contribution in [1.82, 2.24) is 20.3 Å². The van der Waals surface area contributed by atoms with Crippen LogP contribution in [0.25, 0.3) is 5.69 Å². The number of amides is 1. The molecule has 0 saturated heterocycles. The zero-order chi connectivity index (χ0) is 13.9. The quantitative estimate of drug-likeness (QED) is 0.920. The van der Waals surface area contributed by atoms with E-state index in [0.29, 0.717) is 5.69 Å². The van der Waals surface area contributed by atoms with Crippen LogP contribution in [0.4, 0.5) is 13.2 Å². The minimum Gasteiger partial charge on any atom is -0.341 e. The van der Waals surface area contributed by atoms with E-state index in [-0.39, 0.29) is 5.69 Å². The molecule has 19 heavy (non-hydrogen) atoms. The highest BCUT2D eigenvalue weighted by molar-refractivity contribution is 5.91. The second-order valence-corrected chi connectivity index (χ2v) is 3.68. The van der Waals surface area contributed by atoms with Crippen LogP contribution in [0.2, 0.25) is 0 Å². The normalized spacial score (nSPS) is 11.3. The number of carbonyl (C=O) groups is 1. The molecule has 8 heteroatoms. The predicted octanol–water partition coefficient (Wildman–Crippen LogP) is 1.56. The van der Waals surface area contributed by atoms with Crippen molar-refractivity contribution in [3.63, 3.8) is 0 Å². The lowest BCUT2D eigenvalue weighted by atomic mass is 10.3. The summed E-state index contributed by atoms with van der Waals surface area (Å²) in [6, 6.07) is 8.79. The lowest BCUT2D eigenvalue weighted by Crippen LogP contribution is -2.33. The number of carbonyl (C=O) groups excluding carboxylic acids is 1. The van der Waals surface area contributed by atoms with Gasteiger partial charge in [0.15, 0.2) is 5.69 Å². The summed E-state index contributed by atoms with van der Waals surface area (Å²) in [6.45, 7) is -1.40. The molecule has 0 aliphatic carbocycles. The molecule has 1 aromatic heterocycles. The van der Waals surface area contributed by atoms with Crippen molar-refractivity contribution >= 4 is 5.91 Å². The first-order chi connectivity index (χ1) is 8.96. The van der Waals surface area contributed by atoms with E-state index in [2.05, 4.69) is 10.3 Å². The Morgan fingerprint density at radius 1 is 1.26 bits per heavy atom. The highest BCUT2D eigenvalue weighted by Crippen LogP contribution is 2.12. The molecule has 1 N–H and O–H groups in total. The molecule has 2 rings (SSSR count). The molecular weight excluding hydrogens is 261 g/mol. The molecule has 0 aliphatic heterocycles. The monoisotopic (exact) mass is 270 g/mol. The van der Waals surface area contributed by atoms with Gasteiger partial charge < -0.3 is 5.32 Å². The molecule has 0 fully saturated rings. The van der Waals surface area contributed by atoms with E-state index in [1.165, 1.54) is 10.9 Å². The Morgan fingerprint density at radius 3 is 2.58 bits per heavy atom. The van der Waals surface area contributed by atoms with Gasteiger partial charge in [-0.3, -0.25) is 4.79 Å². The molecule has 2 aromatic rings. The molecule has 0 atom stereocenters. The van der Waals surface area contributed by atoms with Crippen LogP contribution < -0.4 is 5.32 Å². The van der Waals surface area contributed by atoms with E-state index in [4.69, 9.17) is 0 Å². The Bertz CT molecular complexity index is 565. The van der Waals surface area contributed by atoms with Crippen molar-refractivity contribution in [2.45, 2.75) is 6.18 Å². The molecule has 0 bridgehead atoms. The fourth-order valence-corrected chi connectivity index (χ4v) is 1.35. The zero-order valence-corrected chi connectivity index (χ0v) is 9.55. The van der Waals surface area contributed by atoms with Crippen molar-refractivity contribution in [2.75, 3.05) is 6.54 Å². The maximum absolute atomic E-state index is 11.9. The molecule has 1 amide bonds. The molecule has 0 unspecified atom stereocenters. The second-order valence-electron chi connectivity index (χ2n) is 3.68. The van der Waals surface area contributed by atoms with Crippen molar-refractivity contribution in [3.05, 3.63) is 42.2 Å². The van der Waals surface area contributed by atoms with Gasteiger partial charge in [0.1, 0.15) is 6.54 Å². The Kier molecular flexibility index (Phi) is 3.50. The molecule has 0 spiro atoms. The van der Waals surface area contributed by atoms with Gasteiger partial charge in [-0.25, -0.2) is 4.68 Å². The minimum absolute atomic E-state index is 0.173. The van der Waals surface area contributed by atoms with Crippen molar-refractivity contribution < 1.29 is 18.0 Å². The van der Waals surface area contributed by atoms with Gasteiger partial charge in [-0.2, -0.15) is 13.2 Å². The van der Waals surface area contributed by atoms with E-state index in [1.807, 2.05) is 0 Å². The summed E-state index contributed by atoms with van der Waals surface area (Å²) in [7, 11) is 0. The smallest absolute Gasteiger partial charge is 0.341 e. The summed E-state index contributed by atoms with van der Waals surface area (Å²) in [5.74, 6) is -0.917. The number of alkyl halides is 3. The van der Waals surface area contributed by atoms with E-state index < -0.39 is 18.6 Å². The first kappa shape index (κ1) is 13.1. The van der Waals surface area contributed by atoms with Crippen LogP contribution in [0.3, 0.4) is 0 Å². The van der Waals surface area contributed by atoms with E-state index in [0.717, 1.165) is 0 Å². The zero-order valence-electron chi connectivity index (χ0n) is 9.55. The average molecular weight is 270 g/mol. The largest absolute Gasteiger partial charge is 0.405 e. The summed E-state index contributed by atoms with van der Waals surface area (Å²) < 4.78 is 37.1. The number of aromatic nitrogens is 3. The third-order valence-electron chi connectivity index (χ3n) is 2.20. The number of para-hydroxylation sites is 1. The van der Waals surface area contributed by atoms with Gasteiger partial charge in [-0.1, -0.05) is 23.4 Å². The third kappa shape index (κ3) is 3.54. The molecule has 0 radical (unpaired) electrons. The summed E-state index contributed by atoms with van der Waals surface area (Å²) in [6.07, 6.45) is -3.19. The van der Waals surface area contributed by atoms with Crippen LogP contribution in [0.1, 0.15) is 10.5 Å². The highest BCUT2D eigenvalue weighted by atomic mass is 19.4. The lowest BCUT2D eigenvalue weighted by molar-refractivity contribution is -0.123. The summed E-state index contributed by atoms with van der Waals surface area (Å²) >= 11 is 0. The molecule has 1 heterocycles. The van der Waals surface area contributed by atoms with E-state index >= 15 is 0 Å². The first-order valence-corrected chi connectivity index (χ1v) is 5.28. The highest BCUT2D eigenvalue weighted by Gasteiger charge is 2.28. The summed E-state index contributed by atoms with van der Waals surface area (Å²) in [4.78, 5) is 11.4. The van der Waals surface area contributed by atoms with Crippen LogP contribution in [-0.4, -0.2) is 33.6 Å². The van der Waals surface area contributed by atoms with Gasteiger partial charge >= 0.3 is 6.18 Å². The summed E-state index contributed by atoms with van der Waals surface area (Å²) in [5.41, 5.74) is 0.484. The maximum Gasteiger partial charge on any atom is 0.405 e. The number of benzene rings is 1. The topological polar surface area (TPSA) is 59.8 Å². The van der Waals surface area contributed by atoms with Crippen LogP contribution in [-0.2, 0) is 0 Å². The standard InChI is InChI=1S/C11H9F3N4O/c12-11(13,14)7-15-10(19)9-6-18(17-16-9)8-4-2-1-3-5-8/h1-6H,7H2,(H,15,19). The number of nitrogens with zero attached hydrogens (tertiary/aromatic N) is 3. The Labute approximate surface area is 106 Å². The number of hydrogen-bond acceptors (Lipinski definition) is 3. The second kappa shape index (κ2) is 5.09. The van der Waals surface area contributed by atoms with Crippen LogP contribution in [0.5, 0.6) is 0 Å². The van der Waals surface area contributed by atoms with Crippen molar-refractivity contribution in [2.24, 2.45) is 0 Å². The Balaban J connectivity index is 2.07. The lowest BCUT2D eigenvalue weighted by Gasteiger charge is -2.06. The number of rotatable bonds is 3. The third-order valence-corrected chi connectivity index (χ3v) is 2.20. The van der Waals surface area contributed by atoms with Crippen molar-refractivity contribution in [3.8, 4) is 5.69 Å². The molecular formula is C11H9F3N4O. The predicted molar refractivity (Wildman–Crippen MR) is 59.7 cm³/mol. The molecule has 5 nitrogen and oxygen atoms in total. The van der Waals surface area contributed by atoms with Gasteiger partial charge in [0.25, 0.3) is 5.91 Å². The van der Waals surface area contributed by atoms with Gasteiger partial charge in [0, 0.05) is 0 Å². The summed E-state index contributed by atoms with van der Waals surface area (Å²) in [5, 5.41) is 8.93. The van der Waals surface area contributed by atoms with E-state index in [9.17, 15) is 18.0 Å². The molecule has 0 aliphatic rings. The Morgan fingerprint density at radius 2 is 1.95 bits per heavy atom. The molecule has 100 valence electrons. The van der Waals surface area contributed by atoms with Crippen LogP contribution >= 0.6 is 0 Å². The molecule has 1 aromatic carbocycles. The molecule has 0 saturated carbocycles. The Hall–Kier alpha value is -2.38. The first-order valence-electron chi connectivity index (χ1n) is 5.28. The van der Waals surface area contributed by atoms with Gasteiger partial charge in [0.2, 0.25) is 0 Å². The maximum atomic E-state index is 11.9. The number of nitrogens with one attached hydrogen (secondary N) is 1. The number of halogens is 3. The van der Waals surface area contributed by atoms with Crippen molar-refractivity contribution in [1.29, 1.82) is 0 Å². The van der Waals surface area contributed by atoms with Crippen LogP contribution in [0, 0.1) is 0 Å². The fraction of sp³-hybridized carbons (Fsp3) is 0.182.